The van der Waals surface area contributed by atoms with E-state index in [0.29, 0.717) is 50.4 Å². The first-order valence-corrected chi connectivity index (χ1v) is 15.6. The Kier molecular flexibility index (Phi) is 8.69. The van der Waals surface area contributed by atoms with Gasteiger partial charge >= 0.3 is 6.11 Å². The van der Waals surface area contributed by atoms with Crippen LogP contribution in [0, 0.1) is 0 Å². The molecule has 8 nitrogen and oxygen atoms in total. The minimum atomic E-state index is -4.21. The number of amides is 1. The highest BCUT2D eigenvalue weighted by Gasteiger charge is 2.33. The van der Waals surface area contributed by atoms with Crippen molar-refractivity contribution < 1.29 is 26.7 Å². The van der Waals surface area contributed by atoms with Crippen molar-refractivity contribution in [1.29, 1.82) is 0 Å². The molecule has 0 atom stereocenters. The van der Waals surface area contributed by atoms with E-state index in [1.54, 1.807) is 18.0 Å². The maximum atomic E-state index is 14.2. The lowest BCUT2D eigenvalue weighted by Crippen LogP contribution is -2.48. The molecule has 228 valence electrons. The second kappa shape index (κ2) is 12.1. The van der Waals surface area contributed by atoms with E-state index in [1.165, 1.54) is 31.3 Å². The number of piperazine rings is 1. The quantitative estimate of drug-likeness (QED) is 0.324. The van der Waals surface area contributed by atoms with Gasteiger partial charge in [0.1, 0.15) is 4.90 Å². The lowest BCUT2D eigenvalue weighted by molar-refractivity contribution is -0.158. The Balaban J connectivity index is 1.38. The van der Waals surface area contributed by atoms with Crippen LogP contribution in [0.5, 0.6) is 5.75 Å². The Morgan fingerprint density at radius 2 is 1.74 bits per heavy atom. The van der Waals surface area contributed by atoms with E-state index in [4.69, 9.17) is 16.3 Å². The van der Waals surface area contributed by atoms with Gasteiger partial charge in [-0.3, -0.25) is 14.0 Å². The summed E-state index contributed by atoms with van der Waals surface area (Å²) in [6.45, 7) is 3.96. The first-order chi connectivity index (χ1) is 20.3. The van der Waals surface area contributed by atoms with Crippen molar-refractivity contribution in [2.45, 2.75) is 24.5 Å². The average Bonchev–Trinajstić information content (AvgIpc) is 2.97. The first kappa shape index (κ1) is 30.8. The van der Waals surface area contributed by atoms with Gasteiger partial charge in [0.15, 0.2) is 5.75 Å². The summed E-state index contributed by atoms with van der Waals surface area (Å²) in [6, 6.07) is 16.5. The zero-order valence-corrected chi connectivity index (χ0v) is 25.7. The fourth-order valence-corrected chi connectivity index (χ4v) is 6.92. The molecule has 0 spiro atoms. The Morgan fingerprint density at radius 1 is 1.05 bits per heavy atom. The van der Waals surface area contributed by atoms with E-state index in [-0.39, 0.29) is 22.1 Å². The van der Waals surface area contributed by atoms with Gasteiger partial charge in [-0.15, -0.1) is 0 Å². The molecule has 5 rings (SSSR count). The molecule has 2 heterocycles. The van der Waals surface area contributed by atoms with Crippen molar-refractivity contribution in [3.8, 4) is 5.75 Å². The Hall–Kier alpha value is -3.67. The van der Waals surface area contributed by atoms with Crippen LogP contribution >= 0.6 is 11.6 Å². The molecular weight excluding hydrogens is 598 g/mol. The fourth-order valence-electron chi connectivity index (χ4n) is 5.32. The second-order valence-electron chi connectivity index (χ2n) is 10.7. The predicted octanol–water partition coefficient (Wildman–Crippen LogP) is 5.58. The predicted molar refractivity (Wildman–Crippen MR) is 165 cm³/mol. The fraction of sp³-hybridized carbons (Fsp3) is 0.323. The molecule has 43 heavy (non-hydrogen) atoms. The number of carbonyl (C=O) groups is 1. The van der Waals surface area contributed by atoms with Gasteiger partial charge in [0, 0.05) is 70.9 Å². The van der Waals surface area contributed by atoms with Gasteiger partial charge in [-0.05, 0) is 47.5 Å². The normalized spacial score (nSPS) is 15.8. The lowest BCUT2D eigenvalue weighted by Gasteiger charge is -2.35. The number of halogens is 3. The van der Waals surface area contributed by atoms with Crippen LogP contribution in [0.2, 0.25) is 5.02 Å². The monoisotopic (exact) mass is 630 g/mol. The highest BCUT2D eigenvalue weighted by molar-refractivity contribution is 7.93. The summed E-state index contributed by atoms with van der Waals surface area (Å²) in [6.07, 6.45) is 0.149. The summed E-state index contributed by atoms with van der Waals surface area (Å²) in [5.74, 6) is -0.762. The van der Waals surface area contributed by atoms with Crippen molar-refractivity contribution in [3.63, 3.8) is 0 Å². The van der Waals surface area contributed by atoms with Crippen molar-refractivity contribution in [1.82, 2.24) is 9.80 Å². The van der Waals surface area contributed by atoms with Gasteiger partial charge in [-0.2, -0.15) is 8.78 Å². The van der Waals surface area contributed by atoms with Crippen LogP contribution in [0.4, 0.5) is 20.2 Å². The van der Waals surface area contributed by atoms with Crippen molar-refractivity contribution in [2.24, 2.45) is 0 Å². The summed E-state index contributed by atoms with van der Waals surface area (Å²) < 4.78 is 61.9. The minimum Gasteiger partial charge on any atom is -0.430 e. The zero-order valence-electron chi connectivity index (χ0n) is 24.1. The van der Waals surface area contributed by atoms with Gasteiger partial charge in [-0.1, -0.05) is 48.0 Å². The zero-order chi connectivity index (χ0) is 30.9. The van der Waals surface area contributed by atoms with Gasteiger partial charge < -0.3 is 14.5 Å². The number of rotatable bonds is 8. The number of ether oxygens (including phenoxy) is 1. The van der Waals surface area contributed by atoms with E-state index in [0.717, 1.165) is 22.0 Å². The van der Waals surface area contributed by atoms with Crippen molar-refractivity contribution >= 4 is 45.0 Å². The maximum absolute atomic E-state index is 14.2. The molecule has 0 saturated carbocycles. The topological polar surface area (TPSA) is 73.4 Å². The van der Waals surface area contributed by atoms with Crippen LogP contribution in [-0.4, -0.2) is 77.1 Å². The minimum absolute atomic E-state index is 0.0326. The largest absolute Gasteiger partial charge is 0.430 e. The number of alkyl halides is 2. The molecule has 0 N–H and O–H groups in total. The lowest BCUT2D eigenvalue weighted by atomic mass is 10.1. The number of benzene rings is 3. The van der Waals surface area contributed by atoms with Gasteiger partial charge in [0.25, 0.3) is 15.9 Å². The third-order valence-electron chi connectivity index (χ3n) is 7.54. The second-order valence-corrected chi connectivity index (χ2v) is 13.1. The number of para-hydroxylation sites is 1. The van der Waals surface area contributed by atoms with E-state index >= 15 is 0 Å². The number of carbonyl (C=O) groups excluding carboxylic acids is 1. The third kappa shape index (κ3) is 6.79. The third-order valence-corrected chi connectivity index (χ3v) is 9.60. The van der Waals surface area contributed by atoms with Crippen LogP contribution in [0.25, 0.3) is 6.08 Å². The summed E-state index contributed by atoms with van der Waals surface area (Å²) in [5, 5.41) is 0.669. The molecule has 0 radical (unpaired) electrons. The highest BCUT2D eigenvalue weighted by atomic mass is 35.5. The average molecular weight is 631 g/mol. The molecular formula is C31H33ClF2N4O4S. The molecule has 1 fully saturated rings. The molecule has 2 aliphatic rings. The first-order valence-electron chi connectivity index (χ1n) is 13.8. The van der Waals surface area contributed by atoms with E-state index in [9.17, 15) is 22.0 Å². The molecule has 0 aliphatic carbocycles. The van der Waals surface area contributed by atoms with Crippen molar-refractivity contribution in [3.05, 3.63) is 88.5 Å². The Morgan fingerprint density at radius 3 is 2.42 bits per heavy atom. The Labute approximate surface area is 255 Å². The van der Waals surface area contributed by atoms with Gasteiger partial charge in [-0.25, -0.2) is 8.42 Å². The molecule has 0 unspecified atom stereocenters. The number of sulfonamides is 1. The highest BCUT2D eigenvalue weighted by Crippen LogP contribution is 2.39. The van der Waals surface area contributed by atoms with Crippen LogP contribution < -0.4 is 13.9 Å². The maximum Gasteiger partial charge on any atom is 0.394 e. The molecule has 1 saturated heterocycles. The molecule has 2 aliphatic heterocycles. The molecule has 3 aromatic rings. The molecule has 0 aromatic heterocycles. The SMILES string of the molecule is CN1CC=Cc2cccc(S(=O)(=O)N(C)c3ccc(C(=O)N4CCN(Cc5ccc(Cl)cc5)CC4)cc3OC(C)(F)F)c21. The number of likely N-dealkylation sites (N-methyl/N-ethyl adjacent to an activating group) is 1. The van der Waals surface area contributed by atoms with E-state index in [2.05, 4.69) is 4.90 Å². The molecule has 1 amide bonds. The standard InChI is InChI=1S/C31H33ClF2N4O4S/c1-31(33,34)42-27-20-24(30(39)38-18-16-37(17-19-38)21-22-9-12-25(32)13-10-22)11-14-26(27)36(3)43(40,41)28-8-4-6-23-7-5-15-35(2)29(23)28/h4-14,20H,15-19,21H2,1-3H3. The number of fused-ring (bicyclic) bond motifs is 1. The van der Waals surface area contributed by atoms with Gasteiger partial charge in [0.05, 0.1) is 11.4 Å². The summed E-state index contributed by atoms with van der Waals surface area (Å²) >= 11 is 5.98. The van der Waals surface area contributed by atoms with Crippen LogP contribution in [0.15, 0.2) is 71.6 Å². The molecule has 0 bridgehead atoms. The van der Waals surface area contributed by atoms with Gasteiger partial charge in [0.2, 0.25) is 0 Å². The van der Waals surface area contributed by atoms with Crippen molar-refractivity contribution in [2.75, 3.05) is 56.0 Å². The number of hydrogen-bond acceptors (Lipinski definition) is 6. The Bertz CT molecular complexity index is 1640. The number of anilines is 2. The molecule has 3 aromatic carbocycles. The van der Waals surface area contributed by atoms with Crippen LogP contribution in [0.1, 0.15) is 28.4 Å². The van der Waals surface area contributed by atoms with Crippen LogP contribution in [-0.2, 0) is 16.6 Å². The smallest absolute Gasteiger partial charge is 0.394 e. The summed E-state index contributed by atoms with van der Waals surface area (Å²) in [5.41, 5.74) is 2.37. The summed E-state index contributed by atoms with van der Waals surface area (Å²) in [4.78, 5) is 19.1. The number of hydrogen-bond donors (Lipinski definition) is 0. The number of nitrogens with zero attached hydrogens (tertiary/aromatic N) is 4. The van der Waals surface area contributed by atoms with Crippen LogP contribution in [0.3, 0.4) is 0 Å². The van der Waals surface area contributed by atoms with E-state index in [1.807, 2.05) is 47.4 Å². The summed E-state index contributed by atoms with van der Waals surface area (Å²) in [7, 11) is -1.14. The molecule has 12 heteroatoms. The van der Waals surface area contributed by atoms with E-state index < -0.39 is 21.9 Å².